The number of hydrogen-bond acceptors (Lipinski definition) is 4. The predicted molar refractivity (Wildman–Crippen MR) is 78.0 cm³/mol. The molecule has 3 nitrogen and oxygen atoms in total. The van der Waals surface area contributed by atoms with Gasteiger partial charge in [0.05, 0.1) is 22.5 Å². The summed E-state index contributed by atoms with van der Waals surface area (Å²) in [6.45, 7) is 1.93. The van der Waals surface area contributed by atoms with Gasteiger partial charge < -0.3 is 15.5 Å². The average molecular weight is 334 g/mol. The van der Waals surface area contributed by atoms with Gasteiger partial charge in [0.1, 0.15) is 0 Å². The summed E-state index contributed by atoms with van der Waals surface area (Å²) >= 11 is 5.34. The van der Waals surface area contributed by atoms with Crippen molar-refractivity contribution in [3.63, 3.8) is 0 Å². The van der Waals surface area contributed by atoms with Crippen LogP contribution in [0.3, 0.4) is 0 Å². The standard InChI is InChI=1S/C13H20BrNO2S/c1-2-13(7-16,8-17)15-10-4-3-5-11-9(10)6-12(14)18-11/h6,10,15-17H,2-5,7-8H2,1H3. The molecule has 0 saturated carbocycles. The highest BCUT2D eigenvalue weighted by Gasteiger charge is 2.32. The molecule has 0 aromatic carbocycles. The van der Waals surface area contributed by atoms with Crippen molar-refractivity contribution in [2.24, 2.45) is 0 Å². The third-order valence-electron chi connectivity index (χ3n) is 3.85. The van der Waals surface area contributed by atoms with E-state index in [1.165, 1.54) is 10.4 Å². The number of aryl methyl sites for hydroxylation is 1. The highest BCUT2D eigenvalue weighted by Crippen LogP contribution is 2.38. The lowest BCUT2D eigenvalue weighted by Gasteiger charge is -2.36. The van der Waals surface area contributed by atoms with Crippen LogP contribution in [0.1, 0.15) is 42.7 Å². The van der Waals surface area contributed by atoms with Gasteiger partial charge in [0.15, 0.2) is 0 Å². The minimum Gasteiger partial charge on any atom is -0.394 e. The molecule has 1 aliphatic carbocycles. The molecule has 0 spiro atoms. The first-order chi connectivity index (χ1) is 8.64. The Hall–Kier alpha value is 0.0600. The fourth-order valence-corrected chi connectivity index (χ4v) is 4.33. The summed E-state index contributed by atoms with van der Waals surface area (Å²) in [6.07, 6.45) is 4.09. The fourth-order valence-electron chi connectivity index (χ4n) is 2.51. The van der Waals surface area contributed by atoms with Crippen molar-refractivity contribution in [2.75, 3.05) is 13.2 Å². The van der Waals surface area contributed by atoms with Gasteiger partial charge in [-0.2, -0.15) is 0 Å². The molecule has 0 aliphatic heterocycles. The van der Waals surface area contributed by atoms with Crippen LogP contribution in [0.25, 0.3) is 0 Å². The first-order valence-electron chi connectivity index (χ1n) is 6.41. The maximum atomic E-state index is 9.53. The summed E-state index contributed by atoms with van der Waals surface area (Å²) in [7, 11) is 0. The number of rotatable bonds is 5. The van der Waals surface area contributed by atoms with Gasteiger partial charge >= 0.3 is 0 Å². The summed E-state index contributed by atoms with van der Waals surface area (Å²) in [5, 5.41) is 22.5. The zero-order valence-corrected chi connectivity index (χ0v) is 13.0. The Morgan fingerprint density at radius 2 is 2.22 bits per heavy atom. The molecular weight excluding hydrogens is 314 g/mol. The van der Waals surface area contributed by atoms with Crippen LogP contribution < -0.4 is 5.32 Å². The molecule has 3 N–H and O–H groups in total. The number of aliphatic hydroxyl groups excluding tert-OH is 2. The van der Waals surface area contributed by atoms with E-state index in [1.54, 1.807) is 11.3 Å². The van der Waals surface area contributed by atoms with E-state index in [0.29, 0.717) is 0 Å². The SMILES string of the molecule is CCC(CO)(CO)NC1CCCc2sc(Br)cc21. The molecule has 0 bridgehead atoms. The molecule has 1 aliphatic rings. The second kappa shape index (κ2) is 6.01. The topological polar surface area (TPSA) is 52.5 Å². The number of nitrogens with one attached hydrogen (secondary N) is 1. The van der Waals surface area contributed by atoms with Crippen LogP contribution >= 0.6 is 27.3 Å². The summed E-state index contributed by atoms with van der Waals surface area (Å²) in [6, 6.07) is 2.42. The lowest BCUT2D eigenvalue weighted by molar-refractivity contribution is 0.0753. The smallest absolute Gasteiger partial charge is 0.0704 e. The molecule has 5 heteroatoms. The predicted octanol–water partition coefficient (Wildman–Crippen LogP) is 2.61. The first kappa shape index (κ1) is 14.5. The van der Waals surface area contributed by atoms with Crippen molar-refractivity contribution in [3.8, 4) is 0 Å². The summed E-state index contributed by atoms with van der Waals surface area (Å²) in [4.78, 5) is 1.42. The highest BCUT2D eigenvalue weighted by molar-refractivity contribution is 9.11. The van der Waals surface area contributed by atoms with Gasteiger partial charge in [-0.1, -0.05) is 6.92 Å². The van der Waals surface area contributed by atoms with Crippen LogP contribution in [0.2, 0.25) is 0 Å². The molecule has 0 radical (unpaired) electrons. The Labute approximate surface area is 120 Å². The second-order valence-electron chi connectivity index (χ2n) is 4.97. The minimum atomic E-state index is -0.562. The molecule has 1 aromatic rings. The number of fused-ring (bicyclic) bond motifs is 1. The number of halogens is 1. The van der Waals surface area contributed by atoms with Crippen molar-refractivity contribution in [1.82, 2.24) is 5.32 Å². The average Bonchev–Trinajstić information content (AvgIpc) is 2.77. The quantitative estimate of drug-likeness (QED) is 0.776. The van der Waals surface area contributed by atoms with Crippen molar-refractivity contribution in [1.29, 1.82) is 0 Å². The maximum Gasteiger partial charge on any atom is 0.0704 e. The zero-order chi connectivity index (χ0) is 13.2. The van der Waals surface area contributed by atoms with Gasteiger partial charge in [0, 0.05) is 10.9 Å². The third kappa shape index (κ3) is 2.80. The lowest BCUT2D eigenvalue weighted by Crippen LogP contribution is -2.52. The van der Waals surface area contributed by atoms with Crippen LogP contribution in [-0.2, 0) is 6.42 Å². The number of aliphatic hydroxyl groups is 2. The Morgan fingerprint density at radius 3 is 2.83 bits per heavy atom. The summed E-state index contributed by atoms with van der Waals surface area (Å²) < 4.78 is 1.16. The number of hydrogen-bond donors (Lipinski definition) is 3. The molecule has 0 fully saturated rings. The molecule has 18 heavy (non-hydrogen) atoms. The minimum absolute atomic E-state index is 0.0306. The maximum absolute atomic E-state index is 9.53. The molecule has 2 rings (SSSR count). The monoisotopic (exact) mass is 333 g/mol. The van der Waals surface area contributed by atoms with E-state index in [4.69, 9.17) is 0 Å². The van der Waals surface area contributed by atoms with E-state index in [1.807, 2.05) is 6.92 Å². The Bertz CT molecular complexity index is 395. The van der Waals surface area contributed by atoms with Crippen molar-refractivity contribution in [2.45, 2.75) is 44.2 Å². The van der Waals surface area contributed by atoms with Crippen LogP contribution in [0.15, 0.2) is 9.85 Å². The lowest BCUT2D eigenvalue weighted by atomic mass is 9.89. The Balaban J connectivity index is 2.20. The third-order valence-corrected chi connectivity index (χ3v) is 5.56. The van der Waals surface area contributed by atoms with Gasteiger partial charge in [-0.3, -0.25) is 0 Å². The van der Waals surface area contributed by atoms with Crippen molar-refractivity contribution < 1.29 is 10.2 Å². The zero-order valence-electron chi connectivity index (χ0n) is 10.6. The van der Waals surface area contributed by atoms with Gasteiger partial charge in [-0.05, 0) is 53.2 Å². The normalized spacial score (nSPS) is 19.9. The van der Waals surface area contributed by atoms with Crippen LogP contribution in [-0.4, -0.2) is 29.0 Å². The molecule has 1 atom stereocenters. The number of thiophene rings is 1. The van der Waals surface area contributed by atoms with Crippen molar-refractivity contribution in [3.05, 3.63) is 20.3 Å². The molecule has 1 heterocycles. The van der Waals surface area contributed by atoms with Crippen LogP contribution in [0, 0.1) is 0 Å². The molecule has 1 unspecified atom stereocenters. The van der Waals surface area contributed by atoms with Crippen LogP contribution in [0.4, 0.5) is 0 Å². The van der Waals surface area contributed by atoms with Gasteiger partial charge in [0.25, 0.3) is 0 Å². The van der Waals surface area contributed by atoms with E-state index >= 15 is 0 Å². The summed E-state index contributed by atoms with van der Waals surface area (Å²) in [5.41, 5.74) is 0.770. The highest BCUT2D eigenvalue weighted by atomic mass is 79.9. The molecule has 102 valence electrons. The first-order valence-corrected chi connectivity index (χ1v) is 8.02. The Kier molecular flexibility index (Phi) is 4.83. The van der Waals surface area contributed by atoms with E-state index in [0.717, 1.165) is 29.5 Å². The van der Waals surface area contributed by atoms with E-state index < -0.39 is 5.54 Å². The van der Waals surface area contributed by atoms with E-state index in [2.05, 4.69) is 27.3 Å². The molecule has 1 aromatic heterocycles. The van der Waals surface area contributed by atoms with Gasteiger partial charge in [0.2, 0.25) is 0 Å². The fraction of sp³-hybridized carbons (Fsp3) is 0.692. The molecule has 0 amide bonds. The second-order valence-corrected chi connectivity index (χ2v) is 7.48. The van der Waals surface area contributed by atoms with Crippen LogP contribution in [0.5, 0.6) is 0 Å². The largest absolute Gasteiger partial charge is 0.394 e. The van der Waals surface area contributed by atoms with Crippen molar-refractivity contribution >= 4 is 27.3 Å². The Morgan fingerprint density at radius 1 is 1.50 bits per heavy atom. The molecular formula is C13H20BrNO2S. The van der Waals surface area contributed by atoms with E-state index in [9.17, 15) is 10.2 Å². The van der Waals surface area contributed by atoms with E-state index in [-0.39, 0.29) is 19.3 Å². The summed E-state index contributed by atoms with van der Waals surface area (Å²) in [5.74, 6) is 0. The molecule has 0 saturated heterocycles. The van der Waals surface area contributed by atoms with Gasteiger partial charge in [-0.25, -0.2) is 0 Å². The van der Waals surface area contributed by atoms with Gasteiger partial charge in [-0.15, -0.1) is 11.3 Å².